The molecule has 92 valence electrons. The highest BCUT2D eigenvalue weighted by Gasteiger charge is 2.07. The summed E-state index contributed by atoms with van der Waals surface area (Å²) in [5.74, 6) is -0.606. The van der Waals surface area contributed by atoms with Crippen molar-refractivity contribution >= 4 is 29.1 Å². The lowest BCUT2D eigenvalue weighted by Gasteiger charge is -2.18. The Morgan fingerprint density at radius 3 is 2.35 bits per heavy atom. The third-order valence-corrected chi connectivity index (χ3v) is 2.28. The third kappa shape index (κ3) is 4.74. The van der Waals surface area contributed by atoms with Crippen LogP contribution in [0.2, 0.25) is 5.02 Å². The molecule has 0 spiro atoms. The van der Waals surface area contributed by atoms with Crippen molar-refractivity contribution in [3.8, 4) is 0 Å². The number of nitrogens with one attached hydrogen (secondary N) is 2. The van der Waals surface area contributed by atoms with Crippen molar-refractivity contribution in [3.63, 3.8) is 0 Å². The number of halogens is 1. The first kappa shape index (κ1) is 13.3. The maximum atomic E-state index is 11.4. The number of likely N-dealkylation sites (N-methyl/N-ethyl adjacent to an activating group) is 1. The zero-order valence-electron chi connectivity index (χ0n) is 9.66. The minimum Gasteiger partial charge on any atom is -0.365 e. The minimum absolute atomic E-state index is 0.141. The second-order valence-electron chi connectivity index (χ2n) is 3.56. The molecule has 0 aromatic heterocycles. The van der Waals surface area contributed by atoms with E-state index >= 15 is 0 Å². The molecular weight excluding hydrogens is 242 g/mol. The van der Waals surface area contributed by atoms with Gasteiger partial charge in [-0.25, -0.2) is 0 Å². The minimum atomic E-state index is -0.313. The van der Waals surface area contributed by atoms with Gasteiger partial charge in [0.25, 0.3) is 5.91 Å². The van der Waals surface area contributed by atoms with Crippen LogP contribution in [-0.2, 0) is 9.59 Å². The quantitative estimate of drug-likeness (QED) is 0.791. The highest BCUT2D eigenvalue weighted by atomic mass is 35.5. The van der Waals surface area contributed by atoms with Crippen LogP contribution >= 0.6 is 11.6 Å². The number of benzene rings is 1. The molecule has 1 rings (SSSR count). The number of nitrogens with zero attached hydrogens (tertiary/aromatic N) is 1. The standard InChI is InChI=1S/C11H14ClN3O2/c1-8(16)13-14-11(17)7-15(2)10-5-3-9(12)4-6-10/h3-6H,7H2,1-2H3,(H,13,16)(H,14,17). The Bertz CT molecular complexity index is 406. The van der Waals surface area contributed by atoms with Crippen LogP contribution in [0.25, 0.3) is 0 Å². The number of hydrazine groups is 1. The molecule has 17 heavy (non-hydrogen) atoms. The summed E-state index contributed by atoms with van der Waals surface area (Å²) >= 11 is 5.76. The van der Waals surface area contributed by atoms with Crippen LogP contribution < -0.4 is 15.8 Å². The van der Waals surface area contributed by atoms with Crippen molar-refractivity contribution in [1.29, 1.82) is 0 Å². The summed E-state index contributed by atoms with van der Waals surface area (Å²) in [4.78, 5) is 23.7. The Hall–Kier alpha value is -1.75. The Morgan fingerprint density at radius 1 is 1.24 bits per heavy atom. The SMILES string of the molecule is CC(=O)NNC(=O)CN(C)c1ccc(Cl)cc1. The normalized spacial score (nSPS) is 9.59. The summed E-state index contributed by atoms with van der Waals surface area (Å²) in [5, 5.41) is 0.643. The van der Waals surface area contributed by atoms with Crippen molar-refractivity contribution in [2.45, 2.75) is 6.92 Å². The lowest BCUT2D eigenvalue weighted by atomic mass is 10.3. The molecule has 0 aliphatic carbocycles. The fourth-order valence-electron chi connectivity index (χ4n) is 1.20. The van der Waals surface area contributed by atoms with Crippen LogP contribution in [0.5, 0.6) is 0 Å². The predicted octanol–water partition coefficient (Wildman–Crippen LogP) is 0.944. The lowest BCUT2D eigenvalue weighted by Crippen LogP contribution is -2.45. The van der Waals surface area contributed by atoms with Crippen LogP contribution in [0, 0.1) is 0 Å². The molecule has 6 heteroatoms. The number of carbonyl (C=O) groups excluding carboxylic acids is 2. The van der Waals surface area contributed by atoms with Gasteiger partial charge < -0.3 is 4.90 Å². The van der Waals surface area contributed by atoms with Crippen LogP contribution in [0.15, 0.2) is 24.3 Å². The number of rotatable bonds is 3. The molecule has 1 aromatic rings. The summed E-state index contributed by atoms with van der Waals surface area (Å²) in [6.45, 7) is 1.46. The molecule has 0 aliphatic rings. The average Bonchev–Trinajstić information content (AvgIpc) is 2.27. The molecule has 0 saturated heterocycles. The van der Waals surface area contributed by atoms with Crippen LogP contribution in [0.3, 0.4) is 0 Å². The highest BCUT2D eigenvalue weighted by Crippen LogP contribution is 2.16. The fraction of sp³-hybridized carbons (Fsp3) is 0.273. The van der Waals surface area contributed by atoms with E-state index in [1.807, 2.05) is 12.1 Å². The summed E-state index contributed by atoms with van der Waals surface area (Å²) in [7, 11) is 1.77. The zero-order chi connectivity index (χ0) is 12.8. The number of hydrogen-bond donors (Lipinski definition) is 2. The van der Waals surface area contributed by atoms with Gasteiger partial charge in [0, 0.05) is 24.7 Å². The molecule has 0 aliphatic heterocycles. The van der Waals surface area contributed by atoms with Gasteiger partial charge in [-0.15, -0.1) is 0 Å². The van der Waals surface area contributed by atoms with E-state index in [9.17, 15) is 9.59 Å². The second-order valence-corrected chi connectivity index (χ2v) is 4.00. The van der Waals surface area contributed by atoms with E-state index in [4.69, 9.17) is 11.6 Å². The van der Waals surface area contributed by atoms with E-state index in [1.54, 1.807) is 24.1 Å². The van der Waals surface area contributed by atoms with Crippen LogP contribution in [0.1, 0.15) is 6.92 Å². The van der Waals surface area contributed by atoms with Gasteiger partial charge in [0.15, 0.2) is 0 Å². The number of carbonyl (C=O) groups is 2. The van der Waals surface area contributed by atoms with Crippen LogP contribution in [-0.4, -0.2) is 25.4 Å². The Balaban J connectivity index is 2.48. The predicted molar refractivity (Wildman–Crippen MR) is 66.7 cm³/mol. The van der Waals surface area contributed by atoms with Gasteiger partial charge in [-0.1, -0.05) is 11.6 Å². The summed E-state index contributed by atoms with van der Waals surface area (Å²) in [5.41, 5.74) is 5.38. The monoisotopic (exact) mass is 255 g/mol. The molecule has 0 bridgehead atoms. The topological polar surface area (TPSA) is 61.4 Å². The average molecular weight is 256 g/mol. The van der Waals surface area contributed by atoms with Gasteiger partial charge >= 0.3 is 0 Å². The summed E-state index contributed by atoms with van der Waals surface area (Å²) < 4.78 is 0. The van der Waals surface area contributed by atoms with Crippen molar-refractivity contribution in [3.05, 3.63) is 29.3 Å². The first-order valence-corrected chi connectivity index (χ1v) is 5.39. The van der Waals surface area contributed by atoms with Crippen molar-refractivity contribution in [2.24, 2.45) is 0 Å². The van der Waals surface area contributed by atoms with Gasteiger partial charge in [0.05, 0.1) is 6.54 Å². The van der Waals surface area contributed by atoms with Crippen molar-refractivity contribution in [2.75, 3.05) is 18.5 Å². The Kier molecular flexibility index (Phi) is 4.78. The number of hydrogen-bond acceptors (Lipinski definition) is 3. The Morgan fingerprint density at radius 2 is 1.82 bits per heavy atom. The molecule has 0 fully saturated rings. The smallest absolute Gasteiger partial charge is 0.257 e. The second kappa shape index (κ2) is 6.10. The highest BCUT2D eigenvalue weighted by molar-refractivity contribution is 6.30. The van der Waals surface area contributed by atoms with E-state index in [0.717, 1.165) is 5.69 Å². The van der Waals surface area contributed by atoms with Gasteiger partial charge in [-0.05, 0) is 24.3 Å². The first-order chi connectivity index (χ1) is 7.99. The van der Waals surface area contributed by atoms with E-state index in [2.05, 4.69) is 10.9 Å². The maximum Gasteiger partial charge on any atom is 0.257 e. The molecule has 1 aromatic carbocycles. The van der Waals surface area contributed by atoms with Gasteiger partial charge in [0.2, 0.25) is 5.91 Å². The summed E-state index contributed by atoms with van der Waals surface area (Å²) in [6, 6.07) is 7.13. The zero-order valence-corrected chi connectivity index (χ0v) is 10.4. The molecule has 2 N–H and O–H groups in total. The fourth-order valence-corrected chi connectivity index (χ4v) is 1.33. The van der Waals surface area contributed by atoms with E-state index in [-0.39, 0.29) is 18.4 Å². The van der Waals surface area contributed by atoms with Crippen LogP contribution in [0.4, 0.5) is 5.69 Å². The van der Waals surface area contributed by atoms with E-state index in [1.165, 1.54) is 6.92 Å². The largest absolute Gasteiger partial charge is 0.365 e. The molecule has 0 atom stereocenters. The third-order valence-electron chi connectivity index (χ3n) is 2.03. The molecule has 2 amide bonds. The molecule has 5 nitrogen and oxygen atoms in total. The first-order valence-electron chi connectivity index (χ1n) is 5.01. The number of anilines is 1. The summed E-state index contributed by atoms with van der Waals surface area (Å²) in [6.07, 6.45) is 0. The van der Waals surface area contributed by atoms with Crippen molar-refractivity contribution in [1.82, 2.24) is 10.9 Å². The maximum absolute atomic E-state index is 11.4. The molecular formula is C11H14ClN3O2. The van der Waals surface area contributed by atoms with E-state index < -0.39 is 0 Å². The molecule has 0 unspecified atom stereocenters. The molecule has 0 heterocycles. The van der Waals surface area contributed by atoms with Gasteiger partial charge in [-0.3, -0.25) is 20.4 Å². The van der Waals surface area contributed by atoms with Gasteiger partial charge in [-0.2, -0.15) is 0 Å². The van der Waals surface area contributed by atoms with Crippen molar-refractivity contribution < 1.29 is 9.59 Å². The van der Waals surface area contributed by atoms with E-state index in [0.29, 0.717) is 5.02 Å². The lowest BCUT2D eigenvalue weighted by molar-refractivity contribution is -0.127. The van der Waals surface area contributed by atoms with Gasteiger partial charge in [0.1, 0.15) is 0 Å². The Labute approximate surface area is 105 Å². The number of amides is 2. The molecule has 0 saturated carbocycles. The molecule has 0 radical (unpaired) electrons.